The number of rotatable bonds is 5. The van der Waals surface area contributed by atoms with E-state index in [0.717, 1.165) is 25.1 Å². The van der Waals surface area contributed by atoms with Gasteiger partial charge in [0.15, 0.2) is 0 Å². The Hall–Kier alpha value is 0.0500. The summed E-state index contributed by atoms with van der Waals surface area (Å²) in [6.45, 7) is 3.63. The van der Waals surface area contributed by atoms with Crippen LogP contribution < -0.4 is 5.32 Å². The Kier molecular flexibility index (Phi) is 5.77. The molecule has 1 aromatic rings. The normalized spacial score (nSPS) is 12.8. The zero-order valence-corrected chi connectivity index (χ0v) is 10.8. The van der Waals surface area contributed by atoms with Crippen LogP contribution in [-0.4, -0.2) is 11.9 Å². The standard InChI is InChI=1S/C11H14Cl3N/c1-8(12)4-5-15-7-9-2-3-10(13)6-11(9)14/h2-3,6,8,15H,4-5,7H2,1H3. The van der Waals surface area contributed by atoms with Crippen molar-refractivity contribution in [3.63, 3.8) is 0 Å². The molecule has 1 aromatic carbocycles. The predicted octanol–water partition coefficient (Wildman–Crippen LogP) is 4.10. The van der Waals surface area contributed by atoms with Gasteiger partial charge in [-0.15, -0.1) is 11.6 Å². The van der Waals surface area contributed by atoms with E-state index in [1.54, 1.807) is 6.07 Å². The zero-order valence-electron chi connectivity index (χ0n) is 8.56. The van der Waals surface area contributed by atoms with Gasteiger partial charge in [-0.2, -0.15) is 0 Å². The first kappa shape index (κ1) is 13.1. The summed E-state index contributed by atoms with van der Waals surface area (Å²) in [7, 11) is 0. The number of nitrogens with one attached hydrogen (secondary N) is 1. The second kappa shape index (κ2) is 6.59. The van der Waals surface area contributed by atoms with Crippen LogP contribution in [0.5, 0.6) is 0 Å². The number of halogens is 3. The molecule has 1 atom stereocenters. The molecule has 0 saturated carbocycles. The van der Waals surface area contributed by atoms with Gasteiger partial charge in [-0.3, -0.25) is 0 Å². The van der Waals surface area contributed by atoms with E-state index in [4.69, 9.17) is 34.8 Å². The first-order chi connectivity index (χ1) is 7.09. The molecule has 1 unspecified atom stereocenters. The summed E-state index contributed by atoms with van der Waals surface area (Å²) in [6, 6.07) is 5.53. The van der Waals surface area contributed by atoms with Crippen molar-refractivity contribution < 1.29 is 0 Å². The third kappa shape index (κ3) is 5.07. The van der Waals surface area contributed by atoms with E-state index in [-0.39, 0.29) is 5.38 Å². The quantitative estimate of drug-likeness (QED) is 0.625. The molecule has 1 rings (SSSR count). The van der Waals surface area contributed by atoms with Crippen LogP contribution in [0, 0.1) is 0 Å². The monoisotopic (exact) mass is 265 g/mol. The largest absolute Gasteiger partial charge is 0.313 e. The molecule has 0 spiro atoms. The molecule has 0 aliphatic rings. The Balaban J connectivity index is 2.37. The average molecular weight is 267 g/mol. The van der Waals surface area contributed by atoms with E-state index in [9.17, 15) is 0 Å². The molecule has 0 amide bonds. The van der Waals surface area contributed by atoms with Crippen molar-refractivity contribution in [3.05, 3.63) is 33.8 Å². The Morgan fingerprint density at radius 3 is 2.67 bits per heavy atom. The van der Waals surface area contributed by atoms with Gasteiger partial charge in [0, 0.05) is 22.0 Å². The molecule has 0 bridgehead atoms. The highest BCUT2D eigenvalue weighted by Crippen LogP contribution is 2.20. The van der Waals surface area contributed by atoms with Crippen LogP contribution in [-0.2, 0) is 6.54 Å². The summed E-state index contributed by atoms with van der Waals surface area (Å²) in [5.41, 5.74) is 1.06. The van der Waals surface area contributed by atoms with Gasteiger partial charge in [-0.1, -0.05) is 29.3 Å². The zero-order chi connectivity index (χ0) is 11.3. The van der Waals surface area contributed by atoms with E-state index in [1.807, 2.05) is 19.1 Å². The first-order valence-corrected chi connectivity index (χ1v) is 6.07. The van der Waals surface area contributed by atoms with Gasteiger partial charge in [-0.05, 0) is 37.6 Å². The van der Waals surface area contributed by atoms with Gasteiger partial charge >= 0.3 is 0 Å². The smallest absolute Gasteiger partial charge is 0.0465 e. The summed E-state index contributed by atoms with van der Waals surface area (Å²) >= 11 is 17.6. The van der Waals surface area contributed by atoms with Gasteiger partial charge in [0.05, 0.1) is 0 Å². The van der Waals surface area contributed by atoms with Crippen LogP contribution in [0.25, 0.3) is 0 Å². The Bertz CT molecular complexity index is 313. The lowest BCUT2D eigenvalue weighted by Gasteiger charge is -2.07. The molecule has 1 nitrogen and oxygen atoms in total. The second-order valence-corrected chi connectivity index (χ2v) is 5.07. The summed E-state index contributed by atoms with van der Waals surface area (Å²) < 4.78 is 0. The maximum Gasteiger partial charge on any atom is 0.0465 e. The maximum absolute atomic E-state index is 6.02. The second-order valence-electron chi connectivity index (χ2n) is 3.48. The van der Waals surface area contributed by atoms with Gasteiger partial charge < -0.3 is 5.32 Å². The molecule has 0 aliphatic carbocycles. The SMILES string of the molecule is CC(Cl)CCNCc1ccc(Cl)cc1Cl. The highest BCUT2D eigenvalue weighted by Gasteiger charge is 2.01. The number of hydrogen-bond donors (Lipinski definition) is 1. The predicted molar refractivity (Wildman–Crippen MR) is 68.1 cm³/mol. The number of alkyl halides is 1. The topological polar surface area (TPSA) is 12.0 Å². The molecular formula is C11H14Cl3N. The van der Waals surface area contributed by atoms with Crippen LogP contribution in [0.1, 0.15) is 18.9 Å². The molecule has 0 saturated heterocycles. The Labute approximate surface area is 106 Å². The summed E-state index contributed by atoms with van der Waals surface area (Å²) in [4.78, 5) is 0. The van der Waals surface area contributed by atoms with Crippen molar-refractivity contribution in [1.82, 2.24) is 5.32 Å². The van der Waals surface area contributed by atoms with E-state index in [2.05, 4.69) is 5.32 Å². The van der Waals surface area contributed by atoms with Crippen molar-refractivity contribution in [2.24, 2.45) is 0 Å². The minimum absolute atomic E-state index is 0.207. The van der Waals surface area contributed by atoms with Crippen LogP contribution in [0.15, 0.2) is 18.2 Å². The van der Waals surface area contributed by atoms with E-state index >= 15 is 0 Å². The molecule has 0 fully saturated rings. The van der Waals surface area contributed by atoms with E-state index in [0.29, 0.717) is 10.0 Å². The van der Waals surface area contributed by atoms with E-state index < -0.39 is 0 Å². The van der Waals surface area contributed by atoms with Gasteiger partial charge in [0.2, 0.25) is 0 Å². The molecule has 0 aromatic heterocycles. The summed E-state index contributed by atoms with van der Waals surface area (Å²) in [5.74, 6) is 0. The average Bonchev–Trinajstić information content (AvgIpc) is 2.14. The lowest BCUT2D eigenvalue weighted by Crippen LogP contribution is -2.17. The highest BCUT2D eigenvalue weighted by molar-refractivity contribution is 6.35. The molecule has 0 radical (unpaired) electrons. The van der Waals surface area contributed by atoms with Crippen molar-refractivity contribution >= 4 is 34.8 Å². The van der Waals surface area contributed by atoms with Crippen LogP contribution >= 0.6 is 34.8 Å². The minimum atomic E-state index is 0.207. The first-order valence-electron chi connectivity index (χ1n) is 4.88. The maximum atomic E-state index is 6.02. The van der Waals surface area contributed by atoms with Crippen LogP contribution in [0.2, 0.25) is 10.0 Å². The van der Waals surface area contributed by atoms with Crippen molar-refractivity contribution in [2.75, 3.05) is 6.54 Å². The molecular weight excluding hydrogens is 252 g/mol. The summed E-state index contributed by atoms with van der Waals surface area (Å²) in [5, 5.41) is 4.86. The van der Waals surface area contributed by atoms with Gasteiger partial charge in [-0.25, -0.2) is 0 Å². The molecule has 84 valence electrons. The Morgan fingerprint density at radius 1 is 1.33 bits per heavy atom. The van der Waals surface area contributed by atoms with Crippen LogP contribution in [0.3, 0.4) is 0 Å². The van der Waals surface area contributed by atoms with Gasteiger partial charge in [0.1, 0.15) is 0 Å². The number of hydrogen-bond acceptors (Lipinski definition) is 1. The fourth-order valence-corrected chi connectivity index (χ4v) is 1.77. The van der Waals surface area contributed by atoms with Crippen molar-refractivity contribution in [3.8, 4) is 0 Å². The molecule has 15 heavy (non-hydrogen) atoms. The lowest BCUT2D eigenvalue weighted by molar-refractivity contribution is 0.645. The molecule has 1 N–H and O–H groups in total. The number of benzene rings is 1. The van der Waals surface area contributed by atoms with Crippen molar-refractivity contribution in [2.45, 2.75) is 25.3 Å². The van der Waals surface area contributed by atoms with E-state index in [1.165, 1.54) is 0 Å². The Morgan fingerprint density at radius 2 is 2.07 bits per heavy atom. The lowest BCUT2D eigenvalue weighted by atomic mass is 10.2. The fraction of sp³-hybridized carbons (Fsp3) is 0.455. The highest BCUT2D eigenvalue weighted by atomic mass is 35.5. The van der Waals surface area contributed by atoms with Gasteiger partial charge in [0.25, 0.3) is 0 Å². The summed E-state index contributed by atoms with van der Waals surface area (Å²) in [6.07, 6.45) is 0.951. The molecule has 0 aliphatic heterocycles. The fourth-order valence-electron chi connectivity index (χ4n) is 1.19. The minimum Gasteiger partial charge on any atom is -0.313 e. The molecule has 0 heterocycles. The molecule has 4 heteroatoms. The third-order valence-electron chi connectivity index (χ3n) is 2.05. The van der Waals surface area contributed by atoms with Crippen molar-refractivity contribution in [1.29, 1.82) is 0 Å². The third-order valence-corrected chi connectivity index (χ3v) is 2.85. The van der Waals surface area contributed by atoms with Crippen LogP contribution in [0.4, 0.5) is 0 Å².